The Bertz CT molecular complexity index is 424. The molecule has 1 aromatic rings. The Hall–Kier alpha value is -1.43. The van der Waals surface area contributed by atoms with Crippen molar-refractivity contribution in [3.05, 3.63) is 23.8 Å². The number of benzene rings is 1. The molecule has 0 radical (unpaired) electrons. The van der Waals surface area contributed by atoms with E-state index in [-0.39, 0.29) is 5.75 Å². The van der Waals surface area contributed by atoms with Gasteiger partial charge in [-0.1, -0.05) is 0 Å². The summed E-state index contributed by atoms with van der Waals surface area (Å²) in [5.41, 5.74) is 4.12. The summed E-state index contributed by atoms with van der Waals surface area (Å²) in [5.74, 6) is -0.268. The highest BCUT2D eigenvalue weighted by atomic mass is 19.4. The highest BCUT2D eigenvalue weighted by Gasteiger charge is 2.39. The van der Waals surface area contributed by atoms with Crippen molar-refractivity contribution in [2.75, 3.05) is 0 Å². The van der Waals surface area contributed by atoms with E-state index in [2.05, 4.69) is 0 Å². The van der Waals surface area contributed by atoms with Gasteiger partial charge in [0, 0.05) is 5.56 Å². The fourth-order valence-corrected chi connectivity index (χ4v) is 1.38. The van der Waals surface area contributed by atoms with E-state index >= 15 is 0 Å². The molecule has 0 bridgehead atoms. The molecule has 0 aliphatic carbocycles. The summed E-state index contributed by atoms with van der Waals surface area (Å²) in [5, 5.41) is 9.43. The third-order valence-corrected chi connectivity index (χ3v) is 2.11. The number of halogens is 3. The summed E-state index contributed by atoms with van der Waals surface area (Å²) >= 11 is 0. The molecule has 18 heavy (non-hydrogen) atoms. The van der Waals surface area contributed by atoms with Gasteiger partial charge in [0.15, 0.2) is 0 Å². The van der Waals surface area contributed by atoms with Crippen LogP contribution in [0.5, 0.6) is 11.5 Å². The van der Waals surface area contributed by atoms with E-state index in [1.54, 1.807) is 20.8 Å². The van der Waals surface area contributed by atoms with Crippen LogP contribution in [0.3, 0.4) is 0 Å². The van der Waals surface area contributed by atoms with Gasteiger partial charge < -0.3 is 15.6 Å². The van der Waals surface area contributed by atoms with E-state index in [0.29, 0.717) is 0 Å². The lowest BCUT2D eigenvalue weighted by atomic mass is 10.1. The van der Waals surface area contributed by atoms with E-state index in [1.807, 2.05) is 0 Å². The smallest absolute Gasteiger partial charge is 0.407 e. The Balaban J connectivity index is 3.09. The molecule has 0 spiro atoms. The molecule has 1 aromatic carbocycles. The second kappa shape index (κ2) is 4.68. The van der Waals surface area contributed by atoms with Crippen LogP contribution in [0.25, 0.3) is 0 Å². The summed E-state index contributed by atoms with van der Waals surface area (Å²) in [6, 6.07) is 1.41. The number of aromatic hydroxyl groups is 1. The summed E-state index contributed by atoms with van der Waals surface area (Å²) < 4.78 is 42.9. The summed E-state index contributed by atoms with van der Waals surface area (Å²) in [6.45, 7) is 5.30. The van der Waals surface area contributed by atoms with Gasteiger partial charge in [0.1, 0.15) is 23.1 Å². The molecule has 0 saturated carbocycles. The molecule has 1 atom stereocenters. The standard InChI is InChI=1S/C12H16F3NO2/c1-11(2,3)18-7-4-5-9(17)8(6-7)10(16)12(13,14)15/h4-6,10,17H,16H2,1-3H3/t10-/m0/s1. The fraction of sp³-hybridized carbons (Fsp3) is 0.500. The van der Waals surface area contributed by atoms with Crippen molar-refractivity contribution in [3.8, 4) is 11.5 Å². The lowest BCUT2D eigenvalue weighted by Crippen LogP contribution is -2.29. The van der Waals surface area contributed by atoms with Crippen molar-refractivity contribution < 1.29 is 23.0 Å². The molecule has 1 rings (SSSR count). The minimum atomic E-state index is -4.61. The normalized spacial score (nSPS) is 14.4. The second-order valence-corrected chi connectivity index (χ2v) is 4.95. The molecule has 6 heteroatoms. The molecule has 0 heterocycles. The van der Waals surface area contributed by atoms with Crippen LogP contribution in [0.15, 0.2) is 18.2 Å². The molecular formula is C12H16F3NO2. The predicted octanol–water partition coefficient (Wildman–Crippen LogP) is 3.13. The molecule has 3 nitrogen and oxygen atoms in total. The van der Waals surface area contributed by atoms with E-state index in [9.17, 15) is 18.3 Å². The quantitative estimate of drug-likeness (QED) is 0.861. The minimum absolute atomic E-state index is 0.231. The topological polar surface area (TPSA) is 55.5 Å². The van der Waals surface area contributed by atoms with Crippen LogP contribution in [0, 0.1) is 0 Å². The van der Waals surface area contributed by atoms with Gasteiger partial charge >= 0.3 is 6.18 Å². The van der Waals surface area contributed by atoms with Gasteiger partial charge in [-0.3, -0.25) is 0 Å². The molecule has 0 aromatic heterocycles. The highest BCUT2D eigenvalue weighted by molar-refractivity contribution is 5.42. The average Bonchev–Trinajstić information content (AvgIpc) is 2.16. The largest absolute Gasteiger partial charge is 0.508 e. The van der Waals surface area contributed by atoms with Crippen LogP contribution in [-0.4, -0.2) is 16.9 Å². The van der Waals surface area contributed by atoms with Gasteiger partial charge in [-0.15, -0.1) is 0 Å². The summed E-state index contributed by atoms with van der Waals surface area (Å²) in [7, 11) is 0. The van der Waals surface area contributed by atoms with Crippen molar-refractivity contribution in [3.63, 3.8) is 0 Å². The Kier molecular flexibility index (Phi) is 3.81. The zero-order valence-corrected chi connectivity index (χ0v) is 10.4. The SMILES string of the molecule is CC(C)(C)Oc1ccc(O)c([C@H](N)C(F)(F)F)c1. The van der Waals surface area contributed by atoms with Gasteiger partial charge in [-0.05, 0) is 39.0 Å². The van der Waals surface area contributed by atoms with Gasteiger partial charge in [0.25, 0.3) is 0 Å². The maximum Gasteiger partial charge on any atom is 0.407 e. The van der Waals surface area contributed by atoms with Crippen LogP contribution < -0.4 is 10.5 Å². The molecule has 102 valence electrons. The Morgan fingerprint density at radius 1 is 1.22 bits per heavy atom. The lowest BCUT2D eigenvalue weighted by Gasteiger charge is -2.23. The number of hydrogen-bond donors (Lipinski definition) is 2. The number of ether oxygens (including phenoxy) is 1. The van der Waals surface area contributed by atoms with Crippen molar-refractivity contribution in [1.82, 2.24) is 0 Å². The first-order chi connectivity index (χ1) is 8.00. The predicted molar refractivity (Wildman–Crippen MR) is 61.5 cm³/mol. The Morgan fingerprint density at radius 2 is 1.78 bits per heavy atom. The number of rotatable bonds is 2. The molecular weight excluding hydrogens is 247 g/mol. The molecule has 0 aliphatic heterocycles. The molecule has 0 unspecified atom stereocenters. The third kappa shape index (κ3) is 3.80. The maximum absolute atomic E-state index is 12.5. The summed E-state index contributed by atoms with van der Waals surface area (Å²) in [4.78, 5) is 0. The van der Waals surface area contributed by atoms with Crippen molar-refractivity contribution in [1.29, 1.82) is 0 Å². The molecule has 0 fully saturated rings. The van der Waals surface area contributed by atoms with Crippen molar-refractivity contribution in [2.24, 2.45) is 5.73 Å². The van der Waals surface area contributed by atoms with Crippen LogP contribution in [0.1, 0.15) is 32.4 Å². The van der Waals surface area contributed by atoms with E-state index in [0.717, 1.165) is 12.1 Å². The number of phenolic OH excluding ortho intramolecular Hbond substituents is 1. The number of hydrogen-bond acceptors (Lipinski definition) is 3. The van der Waals surface area contributed by atoms with Gasteiger partial charge in [0.2, 0.25) is 0 Å². The zero-order chi connectivity index (χ0) is 14.1. The van der Waals surface area contributed by atoms with Crippen LogP contribution >= 0.6 is 0 Å². The summed E-state index contributed by atoms with van der Waals surface area (Å²) in [6.07, 6.45) is -4.61. The first-order valence-corrected chi connectivity index (χ1v) is 5.35. The van der Waals surface area contributed by atoms with Crippen LogP contribution in [0.4, 0.5) is 13.2 Å². The third-order valence-electron chi connectivity index (χ3n) is 2.11. The van der Waals surface area contributed by atoms with Crippen LogP contribution in [-0.2, 0) is 0 Å². The minimum Gasteiger partial charge on any atom is -0.508 e. The van der Waals surface area contributed by atoms with Gasteiger partial charge in [-0.25, -0.2) is 0 Å². The van der Waals surface area contributed by atoms with E-state index < -0.39 is 29.1 Å². The molecule has 0 amide bonds. The monoisotopic (exact) mass is 263 g/mol. The number of nitrogens with two attached hydrogens (primary N) is 1. The first-order valence-electron chi connectivity index (χ1n) is 5.35. The first kappa shape index (κ1) is 14.6. The van der Waals surface area contributed by atoms with Crippen molar-refractivity contribution >= 4 is 0 Å². The number of phenols is 1. The Morgan fingerprint density at radius 3 is 2.22 bits per heavy atom. The van der Waals surface area contributed by atoms with E-state index in [1.165, 1.54) is 6.07 Å². The zero-order valence-electron chi connectivity index (χ0n) is 10.4. The molecule has 3 N–H and O–H groups in total. The average molecular weight is 263 g/mol. The number of alkyl halides is 3. The lowest BCUT2D eigenvalue weighted by molar-refractivity contribution is -0.149. The van der Waals surface area contributed by atoms with Crippen LogP contribution in [0.2, 0.25) is 0 Å². The molecule has 0 aliphatic rings. The highest BCUT2D eigenvalue weighted by Crippen LogP contribution is 2.37. The van der Waals surface area contributed by atoms with Gasteiger partial charge in [-0.2, -0.15) is 13.2 Å². The fourth-order valence-electron chi connectivity index (χ4n) is 1.38. The van der Waals surface area contributed by atoms with Gasteiger partial charge in [0.05, 0.1) is 0 Å². The van der Waals surface area contributed by atoms with E-state index in [4.69, 9.17) is 10.5 Å². The van der Waals surface area contributed by atoms with Crippen molar-refractivity contribution in [2.45, 2.75) is 38.6 Å². The Labute approximate surface area is 103 Å². The maximum atomic E-state index is 12.5. The molecule has 0 saturated heterocycles. The second-order valence-electron chi connectivity index (χ2n) is 4.95.